The predicted molar refractivity (Wildman–Crippen MR) is 154 cm³/mol. The Hall–Kier alpha value is -2.73. The van der Waals surface area contributed by atoms with E-state index in [1.807, 2.05) is 19.1 Å². The van der Waals surface area contributed by atoms with E-state index in [0.29, 0.717) is 55.0 Å². The second-order valence-corrected chi connectivity index (χ2v) is 12.8. The number of benzene rings is 2. The second-order valence-electron chi connectivity index (χ2n) is 9.93. The zero-order chi connectivity index (χ0) is 27.6. The van der Waals surface area contributed by atoms with Crippen LogP contribution in [0.3, 0.4) is 0 Å². The molecular formula is C28H36N4O5S2. The fourth-order valence-electron chi connectivity index (χ4n) is 5.12. The Morgan fingerprint density at radius 2 is 1.74 bits per heavy atom. The van der Waals surface area contributed by atoms with Gasteiger partial charge in [-0.3, -0.25) is 9.69 Å². The van der Waals surface area contributed by atoms with E-state index in [9.17, 15) is 13.2 Å². The average Bonchev–Trinajstić information content (AvgIpc) is 3.36. The number of nitrogens with zero attached hydrogens (tertiary/aromatic N) is 4. The fraction of sp³-hybridized carbons (Fsp3) is 0.500. The highest BCUT2D eigenvalue weighted by Crippen LogP contribution is 2.39. The number of rotatable bonds is 9. The van der Waals surface area contributed by atoms with Gasteiger partial charge >= 0.3 is 0 Å². The number of fused-ring (bicyclic) bond motifs is 2. The number of piperidine rings is 1. The van der Waals surface area contributed by atoms with Gasteiger partial charge in [-0.25, -0.2) is 13.4 Å². The molecule has 9 nitrogen and oxygen atoms in total. The molecule has 0 radical (unpaired) electrons. The van der Waals surface area contributed by atoms with Gasteiger partial charge in [-0.1, -0.05) is 31.6 Å². The minimum Gasteiger partial charge on any atom is -0.486 e. The van der Waals surface area contributed by atoms with Crippen molar-refractivity contribution in [2.24, 2.45) is 0 Å². The monoisotopic (exact) mass is 572 g/mol. The summed E-state index contributed by atoms with van der Waals surface area (Å²) in [4.78, 5) is 22.8. The van der Waals surface area contributed by atoms with Crippen molar-refractivity contribution in [1.29, 1.82) is 0 Å². The summed E-state index contributed by atoms with van der Waals surface area (Å²) in [5.74, 6) is 1.13. The summed E-state index contributed by atoms with van der Waals surface area (Å²) in [6, 6.07) is 10.1. The normalized spacial score (nSPS) is 18.0. The van der Waals surface area contributed by atoms with Crippen molar-refractivity contribution in [2.75, 3.05) is 50.8 Å². The number of hydrogen-bond donors (Lipinski definition) is 0. The maximum Gasteiger partial charge on any atom is 0.260 e. The van der Waals surface area contributed by atoms with Crippen LogP contribution in [0.1, 0.15) is 50.4 Å². The lowest BCUT2D eigenvalue weighted by molar-refractivity contribution is 0.0983. The van der Waals surface area contributed by atoms with Crippen molar-refractivity contribution < 1.29 is 22.7 Å². The molecule has 5 rings (SSSR count). The van der Waals surface area contributed by atoms with Crippen LogP contribution in [-0.2, 0) is 10.0 Å². The highest BCUT2D eigenvalue weighted by molar-refractivity contribution is 7.89. The van der Waals surface area contributed by atoms with Crippen LogP contribution in [0.5, 0.6) is 11.5 Å². The molecule has 1 amide bonds. The largest absolute Gasteiger partial charge is 0.486 e. The lowest BCUT2D eigenvalue weighted by atomic mass is 10.1. The minimum absolute atomic E-state index is 0.0267. The molecule has 1 fully saturated rings. The average molecular weight is 573 g/mol. The number of thiazole rings is 1. The van der Waals surface area contributed by atoms with Gasteiger partial charge in [0.1, 0.15) is 13.2 Å². The Balaban J connectivity index is 1.44. The number of anilines is 1. The van der Waals surface area contributed by atoms with Crippen LogP contribution in [0.25, 0.3) is 10.2 Å². The number of carbonyl (C=O) groups excluding carboxylic acids is 1. The lowest BCUT2D eigenvalue weighted by Gasteiger charge is -2.32. The first-order chi connectivity index (χ1) is 18.8. The van der Waals surface area contributed by atoms with E-state index in [2.05, 4.69) is 18.7 Å². The van der Waals surface area contributed by atoms with Gasteiger partial charge in [-0.15, -0.1) is 0 Å². The molecule has 3 aromatic rings. The molecule has 0 saturated carbocycles. The van der Waals surface area contributed by atoms with E-state index < -0.39 is 10.0 Å². The van der Waals surface area contributed by atoms with Gasteiger partial charge in [-0.05, 0) is 57.1 Å². The van der Waals surface area contributed by atoms with Crippen LogP contribution in [0, 0.1) is 0 Å². The van der Waals surface area contributed by atoms with Crippen molar-refractivity contribution in [3.8, 4) is 11.5 Å². The Kier molecular flexibility index (Phi) is 8.41. The van der Waals surface area contributed by atoms with Crippen molar-refractivity contribution in [1.82, 2.24) is 14.2 Å². The van der Waals surface area contributed by atoms with Crippen LogP contribution in [-0.4, -0.2) is 80.5 Å². The number of amides is 1. The third-order valence-electron chi connectivity index (χ3n) is 7.50. The number of likely N-dealkylation sites (N-methyl/N-ethyl adjacent to an activating group) is 1. The number of sulfonamides is 1. The molecule has 210 valence electrons. The number of carbonyl (C=O) groups is 1. The molecular weight excluding hydrogens is 536 g/mol. The zero-order valence-corrected chi connectivity index (χ0v) is 24.4. The highest BCUT2D eigenvalue weighted by atomic mass is 32.2. The molecule has 0 spiro atoms. The van der Waals surface area contributed by atoms with E-state index in [-0.39, 0.29) is 16.8 Å². The van der Waals surface area contributed by atoms with Gasteiger partial charge in [0.2, 0.25) is 10.0 Å². The molecule has 0 bridgehead atoms. The van der Waals surface area contributed by atoms with E-state index in [4.69, 9.17) is 14.5 Å². The molecule has 2 aliphatic heterocycles. The highest BCUT2D eigenvalue weighted by Gasteiger charge is 2.31. The molecule has 3 heterocycles. The lowest BCUT2D eigenvalue weighted by Crippen LogP contribution is -2.42. The number of ether oxygens (including phenoxy) is 2. The first kappa shape index (κ1) is 27.8. The maximum absolute atomic E-state index is 13.8. The molecule has 0 unspecified atom stereocenters. The van der Waals surface area contributed by atoms with Crippen LogP contribution in [0.4, 0.5) is 5.13 Å². The summed E-state index contributed by atoms with van der Waals surface area (Å²) in [5.41, 5.74) is 1.17. The minimum atomic E-state index is -3.61. The van der Waals surface area contributed by atoms with E-state index in [1.54, 1.807) is 33.5 Å². The number of hydrogen-bond acceptors (Lipinski definition) is 8. The van der Waals surface area contributed by atoms with Gasteiger partial charge < -0.3 is 14.4 Å². The second kappa shape index (κ2) is 11.8. The third-order valence-corrected chi connectivity index (χ3v) is 10.6. The third kappa shape index (κ3) is 5.77. The zero-order valence-electron chi connectivity index (χ0n) is 22.8. The summed E-state index contributed by atoms with van der Waals surface area (Å²) in [6.07, 6.45) is 2.77. The molecule has 2 aliphatic rings. The van der Waals surface area contributed by atoms with Gasteiger partial charge in [0, 0.05) is 43.4 Å². The molecule has 0 aliphatic carbocycles. The van der Waals surface area contributed by atoms with Gasteiger partial charge in [0.05, 0.1) is 15.1 Å². The molecule has 1 atom stereocenters. The molecule has 0 N–H and O–H groups in total. The van der Waals surface area contributed by atoms with E-state index in [1.165, 1.54) is 11.3 Å². The smallest absolute Gasteiger partial charge is 0.260 e. The Bertz CT molecular complexity index is 1380. The first-order valence-corrected chi connectivity index (χ1v) is 15.9. The predicted octanol–water partition coefficient (Wildman–Crippen LogP) is 4.62. The Morgan fingerprint density at radius 3 is 2.41 bits per heavy atom. The summed E-state index contributed by atoms with van der Waals surface area (Å²) in [5, 5.41) is 0.586. The molecule has 39 heavy (non-hydrogen) atoms. The van der Waals surface area contributed by atoms with Crippen LogP contribution in [0.2, 0.25) is 0 Å². The van der Waals surface area contributed by atoms with Crippen LogP contribution >= 0.6 is 11.3 Å². The molecule has 2 aromatic carbocycles. The van der Waals surface area contributed by atoms with Gasteiger partial charge in [0.25, 0.3) is 5.91 Å². The van der Waals surface area contributed by atoms with Crippen LogP contribution in [0.15, 0.2) is 41.3 Å². The van der Waals surface area contributed by atoms with E-state index >= 15 is 0 Å². The van der Waals surface area contributed by atoms with Crippen molar-refractivity contribution in [3.05, 3.63) is 42.0 Å². The van der Waals surface area contributed by atoms with E-state index in [0.717, 1.165) is 42.6 Å². The summed E-state index contributed by atoms with van der Waals surface area (Å²) < 4.78 is 40.5. The summed E-state index contributed by atoms with van der Waals surface area (Å²) >= 11 is 1.43. The topological polar surface area (TPSA) is 92.3 Å². The maximum atomic E-state index is 13.8. The fourth-order valence-corrected chi connectivity index (χ4v) is 7.82. The van der Waals surface area contributed by atoms with Gasteiger partial charge in [0.15, 0.2) is 16.6 Å². The van der Waals surface area contributed by atoms with Crippen molar-refractivity contribution >= 4 is 42.6 Å². The van der Waals surface area contributed by atoms with Crippen LogP contribution < -0.4 is 14.4 Å². The Morgan fingerprint density at radius 1 is 1.05 bits per heavy atom. The molecule has 11 heteroatoms. The molecule has 1 saturated heterocycles. The Labute approximate surface area is 234 Å². The summed E-state index contributed by atoms with van der Waals surface area (Å²) in [7, 11) is -3.61. The quantitative estimate of drug-likeness (QED) is 0.370. The van der Waals surface area contributed by atoms with Crippen molar-refractivity contribution in [3.63, 3.8) is 0 Å². The number of aromatic nitrogens is 1. The first-order valence-electron chi connectivity index (χ1n) is 13.7. The molecule has 1 aromatic heterocycles. The van der Waals surface area contributed by atoms with Crippen molar-refractivity contribution in [2.45, 2.75) is 51.0 Å². The summed E-state index contributed by atoms with van der Waals surface area (Å²) in [6.45, 7) is 10.6. The standard InChI is InChI=1S/C28H36N4O5S2/c1-4-30(5-2)14-15-31(28-29-23-18-24-25(19-26(23)38-28)37-17-16-36-24)27(33)21-9-11-22(12-10-21)39(34,35)32-13-7-6-8-20(32)3/h9-12,18-20H,4-8,13-17H2,1-3H3/t20-/m0/s1. The van der Waals surface area contributed by atoms with Gasteiger partial charge in [-0.2, -0.15) is 4.31 Å². The SMILES string of the molecule is CCN(CC)CCN(C(=O)c1ccc(S(=O)(=O)N2CCCC[C@@H]2C)cc1)c1nc2cc3c(cc2s1)OCCO3.